The van der Waals surface area contributed by atoms with E-state index in [1.807, 2.05) is 6.07 Å². The minimum absolute atomic E-state index is 0.883. The number of furan rings is 1. The molecule has 0 unspecified atom stereocenters. The fourth-order valence-electron chi connectivity index (χ4n) is 9.36. The quantitative estimate of drug-likeness (QED) is 0.161. The first kappa shape index (κ1) is 34.9. The zero-order chi connectivity index (χ0) is 40.3. The second kappa shape index (κ2) is 14.3. The lowest BCUT2D eigenvalue weighted by atomic mass is 9.96. The highest BCUT2D eigenvalue weighted by Gasteiger charge is 2.23. The van der Waals surface area contributed by atoms with Crippen LogP contribution in [-0.4, -0.2) is 4.57 Å². The standard InChI is InChI=1S/C58H38N2O/c1-2-15-39(16-3-1)43-19-12-20-46(38-43)59(45-35-33-41(34-36-45)44-32-31-40-17-4-5-18-42(40)37-44)52-26-9-6-21-47(52)49-24-13-28-54-57(49)51-23-7-10-27-53(51)60(54)55-29-14-25-50-48-22-8-11-30-56(48)61-58(50)55/h1-38H. The van der Waals surface area contributed by atoms with Crippen molar-refractivity contribution in [1.29, 1.82) is 0 Å². The third-order valence-corrected chi connectivity index (χ3v) is 12.2. The molecule has 0 aliphatic heterocycles. The molecular weight excluding hydrogens is 741 g/mol. The maximum absolute atomic E-state index is 6.64. The normalized spacial score (nSPS) is 11.6. The van der Waals surface area contributed by atoms with Crippen molar-refractivity contribution in [3.05, 3.63) is 231 Å². The summed E-state index contributed by atoms with van der Waals surface area (Å²) >= 11 is 0. The maximum Gasteiger partial charge on any atom is 0.159 e. The van der Waals surface area contributed by atoms with Crippen LogP contribution in [-0.2, 0) is 0 Å². The topological polar surface area (TPSA) is 21.3 Å². The van der Waals surface area contributed by atoms with E-state index in [0.29, 0.717) is 0 Å². The summed E-state index contributed by atoms with van der Waals surface area (Å²) in [6.45, 7) is 0. The van der Waals surface area contributed by atoms with E-state index in [-0.39, 0.29) is 0 Å². The van der Waals surface area contributed by atoms with Crippen molar-refractivity contribution in [3.8, 4) is 39.1 Å². The van der Waals surface area contributed by atoms with E-state index < -0.39 is 0 Å². The van der Waals surface area contributed by atoms with Crippen LogP contribution in [0.2, 0.25) is 0 Å². The van der Waals surface area contributed by atoms with Gasteiger partial charge in [0.2, 0.25) is 0 Å². The number of para-hydroxylation sites is 4. The third kappa shape index (κ3) is 5.82. The lowest BCUT2D eigenvalue weighted by Crippen LogP contribution is -2.11. The van der Waals surface area contributed by atoms with E-state index in [2.05, 4.69) is 234 Å². The fraction of sp³-hybridized carbons (Fsp3) is 0. The van der Waals surface area contributed by atoms with Gasteiger partial charge < -0.3 is 13.9 Å². The van der Waals surface area contributed by atoms with Gasteiger partial charge >= 0.3 is 0 Å². The Morgan fingerprint density at radius 1 is 0.361 bits per heavy atom. The summed E-state index contributed by atoms with van der Waals surface area (Å²) in [5, 5.41) is 7.10. The Morgan fingerprint density at radius 3 is 1.89 bits per heavy atom. The molecule has 286 valence electrons. The zero-order valence-corrected chi connectivity index (χ0v) is 33.2. The number of hydrogen-bond acceptors (Lipinski definition) is 2. The van der Waals surface area contributed by atoms with Gasteiger partial charge in [0.05, 0.1) is 22.4 Å². The van der Waals surface area contributed by atoms with E-state index in [4.69, 9.17) is 4.42 Å². The van der Waals surface area contributed by atoms with Gasteiger partial charge in [-0.3, -0.25) is 0 Å². The molecule has 0 N–H and O–H groups in total. The molecule has 10 aromatic carbocycles. The van der Waals surface area contributed by atoms with Crippen LogP contribution in [0, 0.1) is 0 Å². The van der Waals surface area contributed by atoms with Gasteiger partial charge in [-0.25, -0.2) is 0 Å². The Hall–Kier alpha value is -8.14. The second-order valence-corrected chi connectivity index (χ2v) is 15.7. The van der Waals surface area contributed by atoms with Crippen LogP contribution in [0.1, 0.15) is 0 Å². The first-order valence-electron chi connectivity index (χ1n) is 20.8. The van der Waals surface area contributed by atoms with Gasteiger partial charge in [-0.2, -0.15) is 0 Å². The minimum Gasteiger partial charge on any atom is -0.454 e. The SMILES string of the molecule is c1ccc(-c2cccc(N(c3ccc(-c4ccc5ccccc5c4)cc3)c3ccccc3-c3cccc4c3c3ccccc3n4-c3cccc4c3oc3ccccc34)c2)cc1. The maximum atomic E-state index is 6.64. The van der Waals surface area contributed by atoms with Gasteiger partial charge in [-0.05, 0) is 99.3 Å². The highest BCUT2D eigenvalue weighted by Crippen LogP contribution is 2.47. The van der Waals surface area contributed by atoms with Gasteiger partial charge in [0.25, 0.3) is 0 Å². The van der Waals surface area contributed by atoms with Gasteiger partial charge in [-0.15, -0.1) is 0 Å². The van der Waals surface area contributed by atoms with E-state index >= 15 is 0 Å². The first-order chi connectivity index (χ1) is 30.3. The molecule has 0 atom stereocenters. The van der Waals surface area contributed by atoms with E-state index in [1.165, 1.54) is 43.8 Å². The van der Waals surface area contributed by atoms with Crippen LogP contribution in [0.25, 0.3) is 93.6 Å². The molecular formula is C58H38N2O. The monoisotopic (exact) mass is 778 g/mol. The predicted octanol–water partition coefficient (Wildman–Crippen LogP) is 16.3. The summed E-state index contributed by atoms with van der Waals surface area (Å²) in [5.41, 5.74) is 15.3. The number of hydrogen-bond donors (Lipinski definition) is 0. The molecule has 0 radical (unpaired) electrons. The summed E-state index contributed by atoms with van der Waals surface area (Å²) < 4.78 is 9.02. The highest BCUT2D eigenvalue weighted by atomic mass is 16.3. The van der Waals surface area contributed by atoms with Gasteiger partial charge in [-0.1, -0.05) is 170 Å². The summed E-state index contributed by atoms with van der Waals surface area (Å²) in [4.78, 5) is 2.42. The average molecular weight is 779 g/mol. The van der Waals surface area contributed by atoms with Crippen molar-refractivity contribution in [1.82, 2.24) is 4.57 Å². The number of rotatable bonds is 7. The number of anilines is 3. The molecule has 3 nitrogen and oxygen atoms in total. The number of nitrogens with zero attached hydrogens (tertiary/aromatic N) is 2. The fourth-order valence-corrected chi connectivity index (χ4v) is 9.36. The van der Waals surface area contributed by atoms with Crippen molar-refractivity contribution >= 4 is 71.6 Å². The molecule has 0 saturated heterocycles. The summed E-state index contributed by atoms with van der Waals surface area (Å²) in [7, 11) is 0. The Labute approximate surface area is 353 Å². The van der Waals surface area contributed by atoms with E-state index in [9.17, 15) is 0 Å². The Morgan fingerprint density at radius 2 is 0.984 bits per heavy atom. The van der Waals surface area contributed by atoms with Crippen molar-refractivity contribution in [2.24, 2.45) is 0 Å². The molecule has 0 fully saturated rings. The minimum atomic E-state index is 0.883. The summed E-state index contributed by atoms with van der Waals surface area (Å²) in [6.07, 6.45) is 0. The zero-order valence-electron chi connectivity index (χ0n) is 33.2. The smallest absolute Gasteiger partial charge is 0.159 e. The van der Waals surface area contributed by atoms with Crippen LogP contribution in [0.5, 0.6) is 0 Å². The number of aromatic nitrogens is 1. The predicted molar refractivity (Wildman–Crippen MR) is 257 cm³/mol. The van der Waals surface area contributed by atoms with Crippen LogP contribution in [0.3, 0.4) is 0 Å². The molecule has 0 amide bonds. The van der Waals surface area contributed by atoms with Crippen LogP contribution >= 0.6 is 0 Å². The van der Waals surface area contributed by atoms with E-state index in [0.717, 1.165) is 66.8 Å². The van der Waals surface area contributed by atoms with Crippen molar-refractivity contribution in [2.75, 3.05) is 4.90 Å². The van der Waals surface area contributed by atoms with Gasteiger partial charge in [0, 0.05) is 38.5 Å². The summed E-state index contributed by atoms with van der Waals surface area (Å²) in [5.74, 6) is 0. The van der Waals surface area contributed by atoms with Gasteiger partial charge in [0.1, 0.15) is 5.58 Å². The second-order valence-electron chi connectivity index (χ2n) is 15.7. The number of fused-ring (bicyclic) bond motifs is 7. The first-order valence-corrected chi connectivity index (χ1v) is 20.8. The lowest BCUT2D eigenvalue weighted by molar-refractivity contribution is 0.666. The molecule has 12 rings (SSSR count). The van der Waals surface area contributed by atoms with Crippen LogP contribution < -0.4 is 4.90 Å². The average Bonchev–Trinajstić information content (AvgIpc) is 3.89. The Balaban J connectivity index is 1.07. The molecule has 0 aliphatic carbocycles. The van der Waals surface area contributed by atoms with Crippen LogP contribution in [0.4, 0.5) is 17.1 Å². The molecule has 0 aliphatic rings. The molecule has 0 spiro atoms. The third-order valence-electron chi connectivity index (χ3n) is 12.2. The molecule has 12 aromatic rings. The van der Waals surface area contributed by atoms with Crippen molar-refractivity contribution in [3.63, 3.8) is 0 Å². The largest absolute Gasteiger partial charge is 0.454 e. The van der Waals surface area contributed by atoms with Crippen molar-refractivity contribution < 1.29 is 4.42 Å². The van der Waals surface area contributed by atoms with Crippen molar-refractivity contribution in [2.45, 2.75) is 0 Å². The molecule has 2 aromatic heterocycles. The Kier molecular flexibility index (Phi) is 8.17. The molecule has 2 heterocycles. The Bertz CT molecular complexity index is 3600. The van der Waals surface area contributed by atoms with E-state index in [1.54, 1.807) is 0 Å². The molecule has 0 bridgehead atoms. The molecule has 3 heteroatoms. The van der Waals surface area contributed by atoms with Gasteiger partial charge in [0.15, 0.2) is 5.58 Å². The molecule has 0 saturated carbocycles. The highest BCUT2D eigenvalue weighted by molar-refractivity contribution is 6.18. The summed E-state index contributed by atoms with van der Waals surface area (Å²) in [6, 6.07) is 83.0. The number of benzene rings is 10. The van der Waals surface area contributed by atoms with Crippen LogP contribution in [0.15, 0.2) is 235 Å². The molecule has 61 heavy (non-hydrogen) atoms. The lowest BCUT2D eigenvalue weighted by Gasteiger charge is -2.28.